The van der Waals surface area contributed by atoms with Gasteiger partial charge in [0.05, 0.1) is 17.6 Å². The Morgan fingerprint density at radius 3 is 2.76 bits per heavy atom. The first-order valence-corrected chi connectivity index (χ1v) is 8.27. The molecule has 0 aliphatic carbocycles. The zero-order chi connectivity index (χ0) is 18.0. The molecule has 0 unspecified atom stereocenters. The molecule has 1 aromatic carbocycles. The fourth-order valence-electron chi connectivity index (χ4n) is 3.42. The number of likely N-dealkylation sites (tertiary alicyclic amines) is 1. The van der Waals surface area contributed by atoms with E-state index in [1.165, 1.54) is 29.2 Å². The smallest absolute Gasteiger partial charge is 0.306 e. The number of hydrogen-bond donors (Lipinski definition) is 1. The standard InChI is InChI=1S/C17H21FN4O3/c1-12-6-14(13-2-4-15(18)5-3-13)8-20(12)10-17(23)11-21-9-16(7-19-21)22(24)25/h2-5,7,9,12,14,17,23H,6,8,10-11H2,1H3/t12-,14+,17-/m1/s1. The number of aromatic nitrogens is 2. The highest BCUT2D eigenvalue weighted by Crippen LogP contribution is 2.31. The van der Waals surface area contributed by atoms with Gasteiger partial charge < -0.3 is 5.11 Å². The average molecular weight is 348 g/mol. The molecule has 0 bridgehead atoms. The van der Waals surface area contributed by atoms with Gasteiger partial charge in [-0.05, 0) is 37.0 Å². The van der Waals surface area contributed by atoms with Crippen LogP contribution in [0.5, 0.6) is 0 Å². The number of halogens is 1. The second-order valence-corrected chi connectivity index (χ2v) is 6.62. The van der Waals surface area contributed by atoms with E-state index in [-0.39, 0.29) is 18.0 Å². The van der Waals surface area contributed by atoms with Crippen LogP contribution in [-0.2, 0) is 6.54 Å². The van der Waals surface area contributed by atoms with Crippen LogP contribution in [0.4, 0.5) is 10.1 Å². The highest BCUT2D eigenvalue weighted by atomic mass is 19.1. The molecule has 3 atom stereocenters. The van der Waals surface area contributed by atoms with Gasteiger partial charge in [0.1, 0.15) is 18.2 Å². The van der Waals surface area contributed by atoms with E-state index >= 15 is 0 Å². The minimum absolute atomic E-state index is 0.0851. The topological polar surface area (TPSA) is 84.4 Å². The monoisotopic (exact) mass is 348 g/mol. The van der Waals surface area contributed by atoms with Gasteiger partial charge in [0.15, 0.2) is 0 Å². The zero-order valence-electron chi connectivity index (χ0n) is 14.0. The molecule has 8 heteroatoms. The second-order valence-electron chi connectivity index (χ2n) is 6.62. The molecule has 1 saturated heterocycles. The maximum Gasteiger partial charge on any atom is 0.306 e. The number of nitro groups is 1. The Balaban J connectivity index is 1.56. The van der Waals surface area contributed by atoms with E-state index < -0.39 is 11.0 Å². The quantitative estimate of drug-likeness (QED) is 0.639. The Bertz CT molecular complexity index is 734. The first-order valence-electron chi connectivity index (χ1n) is 8.27. The molecular weight excluding hydrogens is 327 g/mol. The lowest BCUT2D eigenvalue weighted by atomic mass is 9.97. The largest absolute Gasteiger partial charge is 0.390 e. The first kappa shape index (κ1) is 17.5. The molecule has 1 aromatic heterocycles. The summed E-state index contributed by atoms with van der Waals surface area (Å²) in [4.78, 5) is 12.4. The Hall–Kier alpha value is -2.32. The van der Waals surface area contributed by atoms with E-state index in [1.54, 1.807) is 0 Å². The second kappa shape index (κ2) is 7.28. The van der Waals surface area contributed by atoms with Gasteiger partial charge in [-0.3, -0.25) is 19.7 Å². The van der Waals surface area contributed by atoms with Crippen molar-refractivity contribution in [3.63, 3.8) is 0 Å². The molecule has 0 amide bonds. The molecule has 0 saturated carbocycles. The van der Waals surface area contributed by atoms with Crippen molar-refractivity contribution in [2.45, 2.75) is 38.0 Å². The summed E-state index contributed by atoms with van der Waals surface area (Å²) in [5, 5.41) is 24.9. The van der Waals surface area contributed by atoms with Crippen molar-refractivity contribution >= 4 is 5.69 Å². The zero-order valence-corrected chi connectivity index (χ0v) is 14.0. The summed E-state index contributed by atoms with van der Waals surface area (Å²) in [6, 6.07) is 6.88. The van der Waals surface area contributed by atoms with Crippen molar-refractivity contribution in [1.29, 1.82) is 0 Å². The Labute approximate surface area is 144 Å². The van der Waals surface area contributed by atoms with Crippen LogP contribution >= 0.6 is 0 Å². The van der Waals surface area contributed by atoms with Crippen molar-refractivity contribution in [3.8, 4) is 0 Å². The minimum Gasteiger partial charge on any atom is -0.390 e. The van der Waals surface area contributed by atoms with Crippen molar-refractivity contribution in [2.75, 3.05) is 13.1 Å². The third kappa shape index (κ3) is 4.21. The lowest BCUT2D eigenvalue weighted by molar-refractivity contribution is -0.385. The summed E-state index contributed by atoms with van der Waals surface area (Å²) in [5.41, 5.74) is 1.02. The molecule has 1 N–H and O–H groups in total. The highest BCUT2D eigenvalue weighted by molar-refractivity contribution is 5.22. The van der Waals surface area contributed by atoms with Crippen LogP contribution in [0.25, 0.3) is 0 Å². The minimum atomic E-state index is -0.672. The SMILES string of the molecule is C[C@@H]1C[C@H](c2ccc(F)cc2)CN1C[C@@H](O)Cn1cc([N+](=O)[O-])cn1. The van der Waals surface area contributed by atoms with Crippen LogP contribution in [0.15, 0.2) is 36.7 Å². The normalized spacial score (nSPS) is 22.2. The maximum atomic E-state index is 13.1. The Morgan fingerprint density at radius 2 is 2.12 bits per heavy atom. The van der Waals surface area contributed by atoms with Gasteiger partial charge in [-0.1, -0.05) is 12.1 Å². The van der Waals surface area contributed by atoms with Crippen LogP contribution in [0.2, 0.25) is 0 Å². The number of aliphatic hydroxyl groups excluding tert-OH is 1. The molecule has 3 rings (SSSR count). The fraction of sp³-hybridized carbons (Fsp3) is 0.471. The van der Waals surface area contributed by atoms with Gasteiger partial charge in [-0.15, -0.1) is 0 Å². The number of hydrogen-bond acceptors (Lipinski definition) is 5. The molecule has 25 heavy (non-hydrogen) atoms. The van der Waals surface area contributed by atoms with Crippen LogP contribution < -0.4 is 0 Å². The lowest BCUT2D eigenvalue weighted by Crippen LogP contribution is -2.37. The lowest BCUT2D eigenvalue weighted by Gasteiger charge is -2.24. The van der Waals surface area contributed by atoms with E-state index in [4.69, 9.17) is 0 Å². The first-order chi connectivity index (χ1) is 11.9. The van der Waals surface area contributed by atoms with Crippen molar-refractivity contribution < 1.29 is 14.4 Å². The number of benzene rings is 1. The number of β-amino-alcohol motifs (C(OH)–C–C–N with tert-alkyl or cyclic N) is 1. The van der Waals surface area contributed by atoms with E-state index in [2.05, 4.69) is 16.9 Å². The molecule has 7 nitrogen and oxygen atoms in total. The number of nitrogens with zero attached hydrogens (tertiary/aromatic N) is 4. The molecule has 1 fully saturated rings. The van der Waals surface area contributed by atoms with Crippen LogP contribution in [0.1, 0.15) is 24.8 Å². The summed E-state index contributed by atoms with van der Waals surface area (Å²) in [5.74, 6) is 0.0731. The van der Waals surface area contributed by atoms with E-state index in [0.29, 0.717) is 18.5 Å². The van der Waals surface area contributed by atoms with Gasteiger partial charge in [0.25, 0.3) is 0 Å². The summed E-state index contributed by atoms with van der Waals surface area (Å²) < 4.78 is 14.5. The van der Waals surface area contributed by atoms with Crippen molar-refractivity contribution in [3.05, 3.63) is 58.2 Å². The van der Waals surface area contributed by atoms with E-state index in [9.17, 15) is 19.6 Å². The summed E-state index contributed by atoms with van der Waals surface area (Å²) >= 11 is 0. The van der Waals surface area contributed by atoms with Crippen molar-refractivity contribution in [2.24, 2.45) is 0 Å². The molecular formula is C17H21FN4O3. The summed E-state index contributed by atoms with van der Waals surface area (Å²) in [6.45, 7) is 3.57. The van der Waals surface area contributed by atoms with E-state index in [1.807, 2.05) is 12.1 Å². The average Bonchev–Trinajstić information content (AvgIpc) is 3.16. The summed E-state index contributed by atoms with van der Waals surface area (Å²) in [7, 11) is 0. The summed E-state index contributed by atoms with van der Waals surface area (Å²) in [6.07, 6.45) is 2.77. The molecule has 134 valence electrons. The predicted octanol–water partition coefficient (Wildman–Crippen LogP) is 2.17. The highest BCUT2D eigenvalue weighted by Gasteiger charge is 2.31. The van der Waals surface area contributed by atoms with Gasteiger partial charge in [-0.25, -0.2) is 4.39 Å². The van der Waals surface area contributed by atoms with Crippen LogP contribution in [-0.4, -0.2) is 49.9 Å². The molecule has 1 aliphatic rings. The van der Waals surface area contributed by atoms with E-state index in [0.717, 1.165) is 18.5 Å². The third-order valence-corrected chi connectivity index (χ3v) is 4.72. The van der Waals surface area contributed by atoms with Crippen molar-refractivity contribution in [1.82, 2.24) is 14.7 Å². The third-order valence-electron chi connectivity index (χ3n) is 4.72. The molecule has 2 heterocycles. The fourth-order valence-corrected chi connectivity index (χ4v) is 3.42. The molecule has 0 radical (unpaired) electrons. The Kier molecular flexibility index (Phi) is 5.10. The molecule has 1 aliphatic heterocycles. The number of aliphatic hydroxyl groups is 1. The van der Waals surface area contributed by atoms with Gasteiger partial charge in [0, 0.05) is 19.1 Å². The van der Waals surface area contributed by atoms with Crippen LogP contribution in [0.3, 0.4) is 0 Å². The van der Waals surface area contributed by atoms with Gasteiger partial charge in [-0.2, -0.15) is 5.10 Å². The molecule has 2 aromatic rings. The van der Waals surface area contributed by atoms with Gasteiger partial charge >= 0.3 is 5.69 Å². The number of rotatable bonds is 6. The maximum absolute atomic E-state index is 13.1. The van der Waals surface area contributed by atoms with Gasteiger partial charge in [0.2, 0.25) is 0 Å². The predicted molar refractivity (Wildman–Crippen MR) is 89.7 cm³/mol. The molecule has 0 spiro atoms. The Morgan fingerprint density at radius 1 is 1.40 bits per heavy atom. The van der Waals surface area contributed by atoms with Crippen LogP contribution in [0, 0.1) is 15.9 Å².